The van der Waals surface area contributed by atoms with Gasteiger partial charge in [0.05, 0.1) is 12.7 Å². The molecule has 3 heteroatoms. The molecule has 0 unspecified atom stereocenters. The number of carbonyl (C=O) groups is 1. The van der Waals surface area contributed by atoms with Crippen molar-refractivity contribution < 1.29 is 9.53 Å². The number of nitrogens with zero attached hydrogens (tertiary/aromatic N) is 1. The normalized spacial score (nSPS) is 10.9. The van der Waals surface area contributed by atoms with E-state index in [1.54, 1.807) is 0 Å². The number of hydrogen-bond acceptors (Lipinski definition) is 2. The Kier molecular flexibility index (Phi) is 3.72. The third-order valence-electron chi connectivity index (χ3n) is 4.26. The van der Waals surface area contributed by atoms with Crippen LogP contribution in [-0.2, 0) is 11.3 Å². The smallest absolute Gasteiger partial charge is 0.337 e. The Hall–Kier alpha value is -2.55. The molecule has 22 heavy (non-hydrogen) atoms. The van der Waals surface area contributed by atoms with E-state index in [9.17, 15) is 4.79 Å². The lowest BCUT2D eigenvalue weighted by Crippen LogP contribution is -2.04. The molecule has 3 nitrogen and oxygen atoms in total. The molecular weight excluding hydrogens is 274 g/mol. The summed E-state index contributed by atoms with van der Waals surface area (Å²) >= 11 is 0. The lowest BCUT2D eigenvalue weighted by molar-refractivity contribution is 0.0600. The van der Waals surface area contributed by atoms with Gasteiger partial charge in [0.1, 0.15) is 0 Å². The number of ether oxygens (including phenoxy) is 1. The van der Waals surface area contributed by atoms with Crippen molar-refractivity contribution in [3.8, 4) is 0 Å². The van der Waals surface area contributed by atoms with Crippen LogP contribution in [0.2, 0.25) is 0 Å². The maximum atomic E-state index is 11.5. The number of aryl methyl sites for hydroxylation is 1. The molecule has 0 aliphatic rings. The summed E-state index contributed by atoms with van der Waals surface area (Å²) in [6, 6.07) is 16.0. The Bertz CT molecular complexity index is 829. The molecule has 0 radical (unpaired) electrons. The Morgan fingerprint density at radius 3 is 2.41 bits per heavy atom. The summed E-state index contributed by atoms with van der Waals surface area (Å²) in [6.07, 6.45) is 0. The number of aromatic nitrogens is 1. The van der Waals surface area contributed by atoms with Crippen LogP contribution in [-0.4, -0.2) is 17.6 Å². The molecule has 0 N–H and O–H groups in total. The Balaban J connectivity index is 1.97. The van der Waals surface area contributed by atoms with Crippen LogP contribution in [0.3, 0.4) is 0 Å². The van der Waals surface area contributed by atoms with Crippen LogP contribution in [0.1, 0.15) is 27.2 Å². The van der Waals surface area contributed by atoms with Gasteiger partial charge in [-0.25, -0.2) is 4.79 Å². The minimum absolute atomic E-state index is 0.301. The lowest BCUT2D eigenvalue weighted by atomic mass is 10.1. The minimum Gasteiger partial charge on any atom is -0.465 e. The molecule has 3 rings (SSSR count). The average Bonchev–Trinajstić information content (AvgIpc) is 2.80. The molecule has 2 aromatic carbocycles. The molecule has 1 aromatic heterocycles. The van der Waals surface area contributed by atoms with E-state index in [1.165, 1.54) is 29.3 Å². The van der Waals surface area contributed by atoms with Crippen molar-refractivity contribution in [3.63, 3.8) is 0 Å². The first-order chi connectivity index (χ1) is 10.6. The summed E-state index contributed by atoms with van der Waals surface area (Å²) in [5.41, 5.74) is 5.59. The molecule has 3 aromatic rings. The van der Waals surface area contributed by atoms with Crippen molar-refractivity contribution in [1.82, 2.24) is 4.57 Å². The highest BCUT2D eigenvalue weighted by molar-refractivity contribution is 5.89. The lowest BCUT2D eigenvalue weighted by Gasteiger charge is -2.09. The first-order valence-electron chi connectivity index (χ1n) is 7.33. The molecule has 0 amide bonds. The van der Waals surface area contributed by atoms with Crippen LogP contribution >= 0.6 is 0 Å². The van der Waals surface area contributed by atoms with Gasteiger partial charge in [0.15, 0.2) is 0 Å². The second-order valence-electron chi connectivity index (χ2n) is 5.50. The van der Waals surface area contributed by atoms with Crippen molar-refractivity contribution in [2.24, 2.45) is 0 Å². The number of benzene rings is 2. The zero-order valence-electron chi connectivity index (χ0n) is 13.1. The summed E-state index contributed by atoms with van der Waals surface area (Å²) in [4.78, 5) is 11.5. The van der Waals surface area contributed by atoms with Crippen LogP contribution in [0.4, 0.5) is 0 Å². The highest BCUT2D eigenvalue weighted by Crippen LogP contribution is 2.25. The maximum absolute atomic E-state index is 11.5. The largest absolute Gasteiger partial charge is 0.465 e. The number of fused-ring (bicyclic) bond motifs is 1. The Labute approximate surface area is 130 Å². The van der Waals surface area contributed by atoms with E-state index in [-0.39, 0.29) is 5.97 Å². The van der Waals surface area contributed by atoms with E-state index in [2.05, 4.69) is 42.7 Å². The molecule has 0 fully saturated rings. The molecule has 112 valence electrons. The minimum atomic E-state index is -0.301. The Morgan fingerprint density at radius 2 is 1.73 bits per heavy atom. The van der Waals surface area contributed by atoms with Crippen molar-refractivity contribution in [3.05, 3.63) is 70.9 Å². The van der Waals surface area contributed by atoms with Crippen LogP contribution in [0.25, 0.3) is 10.9 Å². The fraction of sp³-hybridized carbons (Fsp3) is 0.211. The summed E-state index contributed by atoms with van der Waals surface area (Å²) in [5, 5.41) is 1.30. The van der Waals surface area contributed by atoms with Crippen LogP contribution < -0.4 is 0 Å². The number of esters is 1. The molecule has 0 saturated heterocycles. The number of rotatable bonds is 3. The monoisotopic (exact) mass is 293 g/mol. The van der Waals surface area contributed by atoms with Gasteiger partial charge in [0.25, 0.3) is 0 Å². The fourth-order valence-electron chi connectivity index (χ4n) is 2.85. The summed E-state index contributed by atoms with van der Waals surface area (Å²) < 4.78 is 7.05. The van der Waals surface area contributed by atoms with E-state index < -0.39 is 0 Å². The summed E-state index contributed by atoms with van der Waals surface area (Å²) in [6.45, 7) is 5.11. The third-order valence-corrected chi connectivity index (χ3v) is 4.26. The molecule has 0 aliphatic carbocycles. The van der Waals surface area contributed by atoms with Crippen molar-refractivity contribution >= 4 is 16.9 Å². The second kappa shape index (κ2) is 5.68. The quantitative estimate of drug-likeness (QED) is 0.681. The second-order valence-corrected chi connectivity index (χ2v) is 5.50. The topological polar surface area (TPSA) is 31.2 Å². The van der Waals surface area contributed by atoms with Crippen molar-refractivity contribution in [2.75, 3.05) is 7.11 Å². The molecule has 0 aliphatic heterocycles. The van der Waals surface area contributed by atoms with Crippen LogP contribution in [0.15, 0.2) is 48.5 Å². The summed E-state index contributed by atoms with van der Waals surface area (Å²) in [7, 11) is 1.40. The first-order valence-corrected chi connectivity index (χ1v) is 7.33. The van der Waals surface area contributed by atoms with Gasteiger partial charge in [0.2, 0.25) is 0 Å². The molecular formula is C19H19NO2. The van der Waals surface area contributed by atoms with E-state index in [0.29, 0.717) is 5.56 Å². The van der Waals surface area contributed by atoms with Gasteiger partial charge >= 0.3 is 5.97 Å². The highest BCUT2D eigenvalue weighted by atomic mass is 16.5. The summed E-state index contributed by atoms with van der Waals surface area (Å²) in [5.74, 6) is -0.301. The van der Waals surface area contributed by atoms with Gasteiger partial charge in [-0.15, -0.1) is 0 Å². The van der Waals surface area contributed by atoms with E-state index in [4.69, 9.17) is 4.74 Å². The number of methoxy groups -OCH3 is 1. The average molecular weight is 293 g/mol. The van der Waals surface area contributed by atoms with E-state index in [0.717, 1.165) is 12.1 Å². The zero-order valence-corrected chi connectivity index (χ0v) is 13.1. The number of carbonyl (C=O) groups excluding carboxylic acids is 1. The highest BCUT2D eigenvalue weighted by Gasteiger charge is 2.11. The van der Waals surface area contributed by atoms with Crippen LogP contribution in [0.5, 0.6) is 0 Å². The molecule has 0 spiro atoms. The number of hydrogen-bond donors (Lipinski definition) is 0. The predicted molar refractivity (Wildman–Crippen MR) is 88.3 cm³/mol. The molecule has 0 saturated carbocycles. The maximum Gasteiger partial charge on any atom is 0.337 e. The molecule has 0 bridgehead atoms. The SMILES string of the molecule is COC(=O)c1ccc(Cn2c(C)c(C)c3ccccc32)cc1. The Morgan fingerprint density at radius 1 is 1.05 bits per heavy atom. The van der Waals surface area contributed by atoms with Gasteiger partial charge in [-0.1, -0.05) is 30.3 Å². The number of para-hydroxylation sites is 1. The predicted octanol–water partition coefficient (Wildman–Crippen LogP) is 4.09. The van der Waals surface area contributed by atoms with Gasteiger partial charge in [-0.3, -0.25) is 0 Å². The van der Waals surface area contributed by atoms with Gasteiger partial charge in [-0.05, 0) is 43.2 Å². The third kappa shape index (κ3) is 2.39. The standard InChI is InChI=1S/C19H19NO2/c1-13-14(2)20(18-7-5-4-6-17(13)18)12-15-8-10-16(11-9-15)19(21)22-3/h4-11H,12H2,1-3H3. The molecule has 1 heterocycles. The fourth-order valence-corrected chi connectivity index (χ4v) is 2.85. The van der Waals surface area contributed by atoms with Crippen molar-refractivity contribution in [2.45, 2.75) is 20.4 Å². The van der Waals surface area contributed by atoms with Gasteiger partial charge in [0, 0.05) is 23.1 Å². The van der Waals surface area contributed by atoms with Gasteiger partial charge in [-0.2, -0.15) is 0 Å². The van der Waals surface area contributed by atoms with Gasteiger partial charge < -0.3 is 9.30 Å². The zero-order chi connectivity index (χ0) is 15.7. The molecule has 0 atom stereocenters. The van der Waals surface area contributed by atoms with Crippen LogP contribution in [0, 0.1) is 13.8 Å². The van der Waals surface area contributed by atoms with E-state index >= 15 is 0 Å². The van der Waals surface area contributed by atoms with Crippen molar-refractivity contribution in [1.29, 1.82) is 0 Å². The first kappa shape index (κ1) is 14.4. The van der Waals surface area contributed by atoms with E-state index in [1.807, 2.05) is 24.3 Å².